The lowest BCUT2D eigenvalue weighted by Gasteiger charge is -2.15. The van der Waals surface area contributed by atoms with Gasteiger partial charge in [-0.05, 0) is 18.6 Å². The van der Waals surface area contributed by atoms with Crippen LogP contribution in [0.25, 0.3) is 0 Å². The molecule has 0 saturated heterocycles. The van der Waals surface area contributed by atoms with Gasteiger partial charge >= 0.3 is 0 Å². The van der Waals surface area contributed by atoms with Gasteiger partial charge in [-0.2, -0.15) is 9.29 Å². The second kappa shape index (κ2) is 5.47. The van der Waals surface area contributed by atoms with Gasteiger partial charge in [0.1, 0.15) is 10.0 Å². The summed E-state index contributed by atoms with van der Waals surface area (Å²) in [5.74, 6) is 0.682. The van der Waals surface area contributed by atoms with Crippen LogP contribution in [0.3, 0.4) is 0 Å². The first-order valence-electron chi connectivity index (χ1n) is 5.68. The van der Waals surface area contributed by atoms with E-state index in [0.717, 1.165) is 4.31 Å². The van der Waals surface area contributed by atoms with E-state index in [2.05, 4.69) is 15.1 Å². The van der Waals surface area contributed by atoms with E-state index in [0.29, 0.717) is 17.3 Å². The van der Waals surface area contributed by atoms with Crippen molar-refractivity contribution in [2.75, 3.05) is 7.05 Å². The Morgan fingerprint density at radius 1 is 1.40 bits per heavy atom. The van der Waals surface area contributed by atoms with Crippen LogP contribution in [0.1, 0.15) is 17.3 Å². The maximum Gasteiger partial charge on any atom is 0.244 e. The van der Waals surface area contributed by atoms with Crippen LogP contribution in [0.5, 0.6) is 0 Å². The Bertz CT molecular complexity index is 729. The summed E-state index contributed by atoms with van der Waals surface area (Å²) >= 11 is 5.79. The van der Waals surface area contributed by atoms with Crippen molar-refractivity contribution in [3.8, 4) is 0 Å². The molecule has 0 aliphatic heterocycles. The number of hydrogen-bond acceptors (Lipinski definition) is 6. The summed E-state index contributed by atoms with van der Waals surface area (Å²) in [6, 6.07) is 1.47. The predicted octanol–water partition coefficient (Wildman–Crippen LogP) is 1.56. The highest BCUT2D eigenvalue weighted by molar-refractivity contribution is 7.89. The minimum atomic E-state index is -3.68. The molecule has 0 aromatic carbocycles. The van der Waals surface area contributed by atoms with Crippen molar-refractivity contribution in [1.29, 1.82) is 0 Å². The summed E-state index contributed by atoms with van der Waals surface area (Å²) < 4.78 is 30.7. The van der Waals surface area contributed by atoms with Crippen LogP contribution < -0.4 is 0 Å². The van der Waals surface area contributed by atoms with E-state index in [1.54, 1.807) is 13.8 Å². The molecule has 0 aliphatic rings. The average Bonchev–Trinajstić information content (AvgIpc) is 2.78. The summed E-state index contributed by atoms with van der Waals surface area (Å²) in [6.07, 6.45) is 1.22. The van der Waals surface area contributed by atoms with Crippen LogP contribution in [0, 0.1) is 13.8 Å². The molecule has 9 heteroatoms. The van der Waals surface area contributed by atoms with Crippen molar-refractivity contribution < 1.29 is 12.9 Å². The third kappa shape index (κ3) is 2.97. The van der Waals surface area contributed by atoms with Crippen LogP contribution in [0.2, 0.25) is 5.15 Å². The third-order valence-electron chi connectivity index (χ3n) is 2.63. The number of halogens is 1. The Labute approximate surface area is 121 Å². The monoisotopic (exact) mass is 316 g/mol. The smallest absolute Gasteiger partial charge is 0.244 e. The lowest BCUT2D eigenvalue weighted by molar-refractivity contribution is 0.377. The number of pyridine rings is 1. The summed E-state index contributed by atoms with van der Waals surface area (Å²) in [5, 5.41) is 3.94. The molecule has 0 unspecified atom stereocenters. The lowest BCUT2D eigenvalue weighted by atomic mass is 10.3. The molecular formula is C11H13ClN4O3S. The maximum absolute atomic E-state index is 12.4. The van der Waals surface area contributed by atoms with Gasteiger partial charge in [0, 0.05) is 20.2 Å². The highest BCUT2D eigenvalue weighted by Gasteiger charge is 2.23. The van der Waals surface area contributed by atoms with Gasteiger partial charge < -0.3 is 4.52 Å². The lowest BCUT2D eigenvalue weighted by Crippen LogP contribution is -2.27. The topological polar surface area (TPSA) is 89.2 Å². The molecule has 2 heterocycles. The molecule has 108 valence electrons. The van der Waals surface area contributed by atoms with Gasteiger partial charge in [0.25, 0.3) is 0 Å². The van der Waals surface area contributed by atoms with Gasteiger partial charge in [-0.25, -0.2) is 13.4 Å². The molecule has 0 atom stereocenters. The van der Waals surface area contributed by atoms with E-state index in [1.165, 1.54) is 19.3 Å². The van der Waals surface area contributed by atoms with Gasteiger partial charge in [-0.3, -0.25) is 0 Å². The first-order valence-corrected chi connectivity index (χ1v) is 7.50. The molecule has 2 aromatic heterocycles. The molecule has 0 aliphatic carbocycles. The molecule has 7 nitrogen and oxygen atoms in total. The quantitative estimate of drug-likeness (QED) is 0.795. The molecule has 0 N–H and O–H groups in total. The minimum Gasteiger partial charge on any atom is -0.340 e. The van der Waals surface area contributed by atoms with Crippen molar-refractivity contribution in [3.05, 3.63) is 34.7 Å². The zero-order chi connectivity index (χ0) is 14.9. The summed E-state index contributed by atoms with van der Waals surface area (Å²) in [6.45, 7) is 3.34. The molecule has 0 fully saturated rings. The van der Waals surface area contributed by atoms with Crippen LogP contribution in [-0.4, -0.2) is 34.9 Å². The Balaban J connectivity index is 2.27. The minimum absolute atomic E-state index is 0.0152. The summed E-state index contributed by atoms with van der Waals surface area (Å²) in [5.41, 5.74) is 0.594. The van der Waals surface area contributed by atoms with E-state index in [9.17, 15) is 8.42 Å². The normalized spacial score (nSPS) is 12.1. The molecule has 0 radical (unpaired) electrons. The second-order valence-corrected chi connectivity index (χ2v) is 6.67. The highest BCUT2D eigenvalue weighted by Crippen LogP contribution is 2.19. The van der Waals surface area contributed by atoms with E-state index < -0.39 is 10.0 Å². The van der Waals surface area contributed by atoms with E-state index in [1.807, 2.05) is 0 Å². The van der Waals surface area contributed by atoms with Crippen LogP contribution in [-0.2, 0) is 16.6 Å². The molecular weight excluding hydrogens is 304 g/mol. The number of aromatic nitrogens is 3. The Hall–Kier alpha value is -1.51. The number of rotatable bonds is 4. The number of hydrogen-bond donors (Lipinski definition) is 0. The molecule has 0 bridgehead atoms. The maximum atomic E-state index is 12.4. The molecule has 2 aromatic rings. The fourth-order valence-electron chi connectivity index (χ4n) is 1.54. The van der Waals surface area contributed by atoms with Crippen molar-refractivity contribution >= 4 is 21.6 Å². The highest BCUT2D eigenvalue weighted by atomic mass is 35.5. The zero-order valence-corrected chi connectivity index (χ0v) is 12.7. The number of aryl methyl sites for hydroxylation is 2. The second-order valence-electron chi connectivity index (χ2n) is 4.27. The molecule has 0 amide bonds. The van der Waals surface area contributed by atoms with Crippen molar-refractivity contribution in [2.24, 2.45) is 0 Å². The van der Waals surface area contributed by atoms with Gasteiger partial charge in [0.15, 0.2) is 5.82 Å². The van der Waals surface area contributed by atoms with Crippen LogP contribution >= 0.6 is 11.6 Å². The fraction of sp³-hybridized carbons (Fsp3) is 0.364. The number of sulfonamides is 1. The van der Waals surface area contributed by atoms with Crippen molar-refractivity contribution in [2.45, 2.75) is 25.3 Å². The standard InChI is InChI=1S/C11H13ClN4O3S/c1-7-4-9(5-13-11(7)12)20(17,18)16(3)6-10-14-8(2)19-15-10/h4-5H,6H2,1-3H3. The molecule has 2 rings (SSSR count). The van der Waals surface area contributed by atoms with Gasteiger partial charge in [0.05, 0.1) is 6.54 Å². The molecule has 0 saturated carbocycles. The van der Waals surface area contributed by atoms with E-state index in [4.69, 9.17) is 16.1 Å². The Kier molecular flexibility index (Phi) is 4.07. The van der Waals surface area contributed by atoms with Gasteiger partial charge in [-0.15, -0.1) is 0 Å². The summed E-state index contributed by atoms with van der Waals surface area (Å²) in [7, 11) is -2.24. The van der Waals surface area contributed by atoms with Crippen LogP contribution in [0.4, 0.5) is 0 Å². The first-order chi connectivity index (χ1) is 9.30. The van der Waals surface area contributed by atoms with Gasteiger partial charge in [-0.1, -0.05) is 16.8 Å². The molecule has 0 spiro atoms. The Morgan fingerprint density at radius 2 is 2.10 bits per heavy atom. The van der Waals surface area contributed by atoms with Crippen molar-refractivity contribution in [3.63, 3.8) is 0 Å². The molecule has 20 heavy (non-hydrogen) atoms. The van der Waals surface area contributed by atoms with Crippen molar-refractivity contribution in [1.82, 2.24) is 19.4 Å². The fourth-order valence-corrected chi connectivity index (χ4v) is 2.80. The predicted molar refractivity (Wildman–Crippen MR) is 71.7 cm³/mol. The van der Waals surface area contributed by atoms with E-state index >= 15 is 0 Å². The SMILES string of the molecule is Cc1nc(CN(C)S(=O)(=O)c2cnc(Cl)c(C)c2)no1. The Morgan fingerprint density at radius 3 is 2.65 bits per heavy atom. The van der Waals surface area contributed by atoms with E-state index in [-0.39, 0.29) is 16.6 Å². The van der Waals surface area contributed by atoms with Gasteiger partial charge in [0.2, 0.25) is 15.9 Å². The number of nitrogens with zero attached hydrogens (tertiary/aromatic N) is 4. The average molecular weight is 317 g/mol. The first kappa shape index (κ1) is 14.9. The van der Waals surface area contributed by atoms with Crippen LogP contribution in [0.15, 0.2) is 21.7 Å². The third-order valence-corrected chi connectivity index (χ3v) is 4.80. The largest absolute Gasteiger partial charge is 0.340 e. The zero-order valence-electron chi connectivity index (χ0n) is 11.2. The summed E-state index contributed by atoms with van der Waals surface area (Å²) in [4.78, 5) is 7.89.